The van der Waals surface area contributed by atoms with Crippen LogP contribution < -0.4 is 20.3 Å². The van der Waals surface area contributed by atoms with Gasteiger partial charge < -0.3 is 13.9 Å². The summed E-state index contributed by atoms with van der Waals surface area (Å²) in [5.74, 6) is 1.69. The Morgan fingerprint density at radius 2 is 1.18 bits per heavy atom. The van der Waals surface area contributed by atoms with Crippen LogP contribution in [-0.2, 0) is 9.16 Å². The molecular weight excluding hydrogens is 498 g/mol. The second-order valence-electron chi connectivity index (χ2n) is 11.2. The van der Waals surface area contributed by atoms with E-state index in [9.17, 15) is 0 Å². The Kier molecular flexibility index (Phi) is 7.73. The van der Waals surface area contributed by atoms with Crippen LogP contribution >= 0.6 is 0 Å². The molecule has 4 aromatic carbocycles. The van der Waals surface area contributed by atoms with E-state index in [4.69, 9.17) is 18.9 Å². The molecule has 1 aliphatic heterocycles. The van der Waals surface area contributed by atoms with E-state index in [1.807, 2.05) is 24.3 Å². The van der Waals surface area contributed by atoms with Gasteiger partial charge in [0.2, 0.25) is 0 Å². The lowest BCUT2D eigenvalue weighted by Crippen LogP contribution is -2.72. The lowest BCUT2D eigenvalue weighted by atomic mass is 9.72. The first kappa shape index (κ1) is 26.9. The molecule has 0 bridgehead atoms. The van der Waals surface area contributed by atoms with Crippen LogP contribution in [0.2, 0.25) is 0 Å². The van der Waals surface area contributed by atoms with Gasteiger partial charge in [0.25, 0.3) is 8.32 Å². The predicted molar refractivity (Wildman–Crippen MR) is 162 cm³/mol. The van der Waals surface area contributed by atoms with E-state index >= 15 is 0 Å². The zero-order chi connectivity index (χ0) is 27.5. The first-order valence-electron chi connectivity index (χ1n) is 13.6. The summed E-state index contributed by atoms with van der Waals surface area (Å²) in [5, 5.41) is 3.65. The van der Waals surface area contributed by atoms with E-state index in [0.717, 1.165) is 17.3 Å². The summed E-state index contributed by atoms with van der Waals surface area (Å²) in [6, 6.07) is 39.8. The van der Waals surface area contributed by atoms with E-state index in [2.05, 4.69) is 119 Å². The Labute approximate surface area is 233 Å². The Morgan fingerprint density at radius 3 is 1.59 bits per heavy atom. The largest absolute Gasteiger partial charge is 0.497 e. The molecule has 0 unspecified atom stereocenters. The number of nitrogens with zero attached hydrogens (tertiary/aromatic N) is 1. The maximum absolute atomic E-state index is 7.40. The molecule has 4 aromatic rings. The van der Waals surface area contributed by atoms with Gasteiger partial charge in [0.05, 0.1) is 24.8 Å². The van der Waals surface area contributed by atoms with Crippen molar-refractivity contribution >= 4 is 35.5 Å². The van der Waals surface area contributed by atoms with Gasteiger partial charge in [0, 0.05) is 0 Å². The van der Waals surface area contributed by atoms with Gasteiger partial charge in [-0.3, -0.25) is 0 Å². The molecule has 5 heteroatoms. The molecule has 5 rings (SSSR count). The highest BCUT2D eigenvalue weighted by atomic mass is 28.4. The van der Waals surface area contributed by atoms with Crippen LogP contribution in [0.1, 0.15) is 27.7 Å². The third kappa shape index (κ3) is 5.42. The molecule has 0 N–H and O–H groups in total. The van der Waals surface area contributed by atoms with Crippen molar-refractivity contribution in [3.05, 3.63) is 115 Å². The van der Waals surface area contributed by atoms with Gasteiger partial charge in [-0.25, -0.2) is 4.99 Å². The minimum atomic E-state index is -2.86. The molecule has 0 aromatic heterocycles. The first-order chi connectivity index (χ1) is 18.8. The van der Waals surface area contributed by atoms with Gasteiger partial charge in [0.15, 0.2) is 5.90 Å². The summed E-state index contributed by atoms with van der Waals surface area (Å²) in [5.41, 5.74) is 0.802. The summed E-state index contributed by atoms with van der Waals surface area (Å²) >= 11 is 0. The summed E-state index contributed by atoms with van der Waals surface area (Å²) in [6.07, 6.45) is -0.290. The van der Waals surface area contributed by atoms with E-state index < -0.39 is 8.32 Å². The Morgan fingerprint density at radius 1 is 0.718 bits per heavy atom. The van der Waals surface area contributed by atoms with Crippen LogP contribution in [0.4, 0.5) is 5.69 Å². The molecule has 1 fully saturated rings. The molecule has 1 heterocycles. The second-order valence-corrected chi connectivity index (χ2v) is 14.5. The van der Waals surface area contributed by atoms with Crippen LogP contribution in [-0.4, -0.2) is 33.5 Å². The number of benzene rings is 4. The number of methoxy groups -OCH3 is 1. The summed E-state index contributed by atoms with van der Waals surface area (Å²) in [7, 11) is -1.19. The van der Waals surface area contributed by atoms with Crippen molar-refractivity contribution in [3.63, 3.8) is 0 Å². The van der Waals surface area contributed by atoms with E-state index in [1.54, 1.807) is 7.11 Å². The van der Waals surface area contributed by atoms with Gasteiger partial charge in [-0.2, -0.15) is 0 Å². The lowest BCUT2D eigenvalue weighted by Gasteiger charge is -2.49. The molecule has 0 amide bonds. The number of aliphatic imine (C=N–C) groups is 1. The van der Waals surface area contributed by atoms with Gasteiger partial charge in [-0.15, -0.1) is 0 Å². The smallest absolute Gasteiger partial charge is 0.288 e. The van der Waals surface area contributed by atoms with Crippen molar-refractivity contribution < 1.29 is 13.9 Å². The fraction of sp³-hybridized carbons (Fsp3) is 0.265. The monoisotopic (exact) mass is 535 g/mol. The van der Waals surface area contributed by atoms with E-state index in [0.29, 0.717) is 0 Å². The number of hydrogen-bond acceptors (Lipinski definition) is 4. The van der Waals surface area contributed by atoms with Crippen LogP contribution in [0.5, 0.6) is 5.75 Å². The van der Waals surface area contributed by atoms with Gasteiger partial charge in [0.1, 0.15) is 11.9 Å². The molecule has 4 nitrogen and oxygen atoms in total. The van der Waals surface area contributed by atoms with Crippen LogP contribution in [0.3, 0.4) is 0 Å². The van der Waals surface area contributed by atoms with Crippen molar-refractivity contribution in [1.29, 1.82) is 0 Å². The Hall–Kier alpha value is -3.67. The van der Waals surface area contributed by atoms with Crippen LogP contribution in [0.15, 0.2) is 120 Å². The zero-order valence-corrected chi connectivity index (χ0v) is 24.4. The van der Waals surface area contributed by atoms with Crippen molar-refractivity contribution in [1.82, 2.24) is 0 Å². The highest BCUT2D eigenvalue weighted by Crippen LogP contribution is 2.42. The molecule has 1 aliphatic rings. The summed E-state index contributed by atoms with van der Waals surface area (Å²) in [4.78, 5) is 4.89. The molecule has 1 saturated heterocycles. The number of rotatable bonds is 8. The van der Waals surface area contributed by atoms with Gasteiger partial charge in [-0.1, -0.05) is 112 Å². The second kappa shape index (κ2) is 11.2. The molecular formula is C34H37NO3Si. The van der Waals surface area contributed by atoms with Crippen LogP contribution in [0.25, 0.3) is 0 Å². The number of hydrogen-bond donors (Lipinski definition) is 0. The van der Waals surface area contributed by atoms with Gasteiger partial charge >= 0.3 is 0 Å². The average molecular weight is 536 g/mol. The Bertz CT molecular complexity index is 1290. The van der Waals surface area contributed by atoms with Crippen molar-refractivity contribution in [3.8, 4) is 5.75 Å². The molecule has 0 saturated carbocycles. The SMILES string of the molecule is COc1ccc(N=C2O[C@H]([C@H](C)O[Si](c3ccccc3)(c3ccccc3)c3ccccc3)[C@H]2C(C)(C)C)cc1. The molecule has 200 valence electrons. The average Bonchev–Trinajstić information content (AvgIpc) is 2.94. The summed E-state index contributed by atoms with van der Waals surface area (Å²) in [6.45, 7) is 8.91. The van der Waals surface area contributed by atoms with E-state index in [-0.39, 0.29) is 23.5 Å². The maximum atomic E-state index is 7.40. The first-order valence-corrected chi connectivity index (χ1v) is 15.5. The topological polar surface area (TPSA) is 40.0 Å². The molecule has 0 spiro atoms. The van der Waals surface area contributed by atoms with E-state index in [1.165, 1.54) is 15.6 Å². The molecule has 39 heavy (non-hydrogen) atoms. The lowest BCUT2D eigenvalue weighted by molar-refractivity contribution is -0.0630. The minimum Gasteiger partial charge on any atom is -0.497 e. The Balaban J connectivity index is 1.54. The third-order valence-corrected chi connectivity index (χ3v) is 11.6. The molecule has 0 radical (unpaired) electrons. The number of ether oxygens (including phenoxy) is 2. The van der Waals surface area contributed by atoms with Crippen LogP contribution in [0, 0.1) is 11.3 Å². The minimum absolute atomic E-state index is 0.0533. The van der Waals surface area contributed by atoms with Gasteiger partial charge in [-0.05, 0) is 52.2 Å². The normalized spacial score (nSPS) is 19.2. The quantitative estimate of drug-likeness (QED) is 0.210. The predicted octanol–water partition coefficient (Wildman–Crippen LogP) is 5.86. The third-order valence-electron chi connectivity index (χ3n) is 7.46. The molecule has 0 aliphatic carbocycles. The maximum Gasteiger partial charge on any atom is 0.288 e. The van der Waals surface area contributed by atoms with Crippen molar-refractivity contribution in [2.24, 2.45) is 16.3 Å². The molecule has 3 atom stereocenters. The van der Waals surface area contributed by atoms with Crippen molar-refractivity contribution in [2.45, 2.75) is 39.9 Å². The summed E-state index contributed by atoms with van der Waals surface area (Å²) < 4.78 is 19.2. The fourth-order valence-corrected chi connectivity index (χ4v) is 9.61. The van der Waals surface area contributed by atoms with Crippen molar-refractivity contribution in [2.75, 3.05) is 7.11 Å². The standard InChI is InChI=1S/C34H37NO3Si/c1-25(32-31(34(2,3)4)33(37-32)35-26-21-23-27(36-5)24-22-26)38-39(28-15-9-6-10-16-28,29-17-11-7-12-18-29)30-19-13-8-14-20-30/h6-25,31-32H,1-5H3/t25-,31+,32+/m0/s1. The fourth-order valence-electron chi connectivity index (χ4n) is 5.53. The highest BCUT2D eigenvalue weighted by Gasteiger charge is 2.53. The highest BCUT2D eigenvalue weighted by molar-refractivity contribution is 7.07. The zero-order valence-electron chi connectivity index (χ0n) is 23.4.